The molecule has 52 heteroatoms. The molecule has 9 aliphatic rings. The van der Waals surface area contributed by atoms with Crippen LogP contribution in [0.3, 0.4) is 0 Å². The first-order valence-corrected chi connectivity index (χ1v) is 80.5. The van der Waals surface area contributed by atoms with E-state index in [4.69, 9.17) is 89.2 Å². The van der Waals surface area contributed by atoms with E-state index in [1.807, 2.05) is 56.3 Å². The van der Waals surface area contributed by atoms with Gasteiger partial charge in [0.2, 0.25) is 36.6 Å². The fourth-order valence-corrected chi connectivity index (χ4v) is 110. The third-order valence-corrected chi connectivity index (χ3v) is 109. The predicted molar refractivity (Wildman–Crippen MR) is 629 cm³/mol. The monoisotopic (exact) mass is 2310 g/mol. The molecule has 6 aliphatic heterocycles. The molecule has 14 unspecified atom stereocenters. The summed E-state index contributed by atoms with van der Waals surface area (Å²) in [5.41, 5.74) is 19.6. The number of nitrogens with two attached hydrogens (primary N) is 1. The van der Waals surface area contributed by atoms with E-state index in [0.29, 0.717) is 36.9 Å². The summed E-state index contributed by atoms with van der Waals surface area (Å²) in [6.07, 6.45) is 25.7. The summed E-state index contributed by atoms with van der Waals surface area (Å²) in [6, 6.07) is 25.0. The summed E-state index contributed by atoms with van der Waals surface area (Å²) in [5.74, 6) is 5.41. The molecule has 0 spiro atoms. The van der Waals surface area contributed by atoms with Gasteiger partial charge in [0.1, 0.15) is 34.2 Å². The van der Waals surface area contributed by atoms with Gasteiger partial charge in [0.25, 0.3) is 0 Å². The van der Waals surface area contributed by atoms with Gasteiger partial charge in [-0.05, 0) is 257 Å². The molecular weight excluding hydrogens is 2180 g/mol. The number of nitrogens with zero attached hydrogens (tertiary/aromatic N) is 20. The highest BCUT2D eigenvalue weighted by Crippen LogP contribution is 3.04. The molecule has 0 radical (unpaired) electrons. The van der Waals surface area contributed by atoms with Crippen LogP contribution in [0.25, 0.3) is 49.7 Å². The topological polar surface area (TPSA) is 330 Å². The molecule has 754 valence electrons. The number of fused-ring (bicyclic) bond motifs is 9. The molecule has 139 heavy (non-hydrogen) atoms. The van der Waals surface area contributed by atoms with Gasteiger partial charge in [0, 0.05) is 120 Å². The number of rotatable bonds is 15. The normalized spacial score (nSPS) is 18.7. The number of primary sulfonamides is 1. The molecule has 0 saturated carbocycles. The number of nitrogens with one attached hydrogen (secondary N) is 2. The number of piperidine rings is 3. The van der Waals surface area contributed by atoms with E-state index in [1.54, 1.807) is 0 Å². The van der Waals surface area contributed by atoms with Crippen LogP contribution in [0, 0.1) is 20.8 Å². The number of hydrogen-bond acceptors (Lipinski definition) is 25. The van der Waals surface area contributed by atoms with Crippen molar-refractivity contribution in [3.05, 3.63) is 156 Å². The van der Waals surface area contributed by atoms with Crippen molar-refractivity contribution in [3.8, 4) is 0 Å². The number of aryl methyl sites for hydroxylation is 6. The molecule has 3 aromatic carbocycles. The zero-order valence-corrected chi connectivity index (χ0v) is 100. The third kappa shape index (κ3) is 29.5. The number of anilines is 6. The van der Waals surface area contributed by atoms with Crippen LogP contribution in [-0.2, 0) is 72.8 Å². The third-order valence-electron chi connectivity index (χ3n) is 25.2. The number of sulfonamides is 2. The van der Waals surface area contributed by atoms with Crippen LogP contribution in [0.15, 0.2) is 72.8 Å². The molecule has 9 aromatic heterocycles. The van der Waals surface area contributed by atoms with Crippen LogP contribution in [0.1, 0.15) is 189 Å². The van der Waals surface area contributed by atoms with Crippen molar-refractivity contribution in [2.75, 3.05) is 140 Å². The Morgan fingerprint density at radius 2 is 0.878 bits per heavy atom. The predicted octanol–water partition coefficient (Wildman–Crippen LogP) is 22.9. The van der Waals surface area contributed by atoms with Gasteiger partial charge in [-0.1, -0.05) is 68.8 Å². The minimum atomic E-state index is -3.54. The van der Waals surface area contributed by atoms with Crippen molar-refractivity contribution in [1.82, 2.24) is 79.0 Å². The maximum Gasteiger partial charge on any atom is 0.239 e. The number of halogens is 3. The average molecular weight is 2310 g/mol. The Morgan fingerprint density at radius 1 is 0.460 bits per heavy atom. The molecule has 30 nitrogen and oxygen atoms in total. The SMILES string of the molecule is C.CS(N)(=O)=O.Cc1ccc2nc(Cl)nc(Cl)c2c1.Cc1ccc2nc(Cl)nc(N3CCCCC3c3cc4nc5c(c(N6CCOCC6)n4n3)CCCC5)c2c1.Cc1cccc2nc(NS(C)(=O)=O)nc(N3CCCCC3c3cc4nc5c(c(N6CCOCC6)n4n3)CCCC5)c12.PP(P)P(P)P(P)P.PPP(P(P)P)P(P)P.c1c(C2CCCCN2)nn2c(N3CCOCC3)c3c(nc12)CCCC3. The Balaban J connectivity index is 0.000000143. The summed E-state index contributed by atoms with van der Waals surface area (Å²) in [5, 5.41) is 27.2. The quantitative estimate of drug-likeness (QED) is 0.0487. The van der Waals surface area contributed by atoms with E-state index in [-0.39, 0.29) is 71.0 Å². The van der Waals surface area contributed by atoms with Crippen molar-refractivity contribution in [2.45, 2.75) is 181 Å². The number of hydrogen-bond donors (Lipinski definition) is 3. The average Bonchev–Trinajstić information content (AvgIpc) is 1.61. The Kier molecular flexibility index (Phi) is 42.9. The molecule has 4 N–H and O–H groups in total. The molecule has 6 saturated heterocycles. The first kappa shape index (κ1) is 113. The number of benzene rings is 3. The zero-order chi connectivity index (χ0) is 97.8. The van der Waals surface area contributed by atoms with Crippen molar-refractivity contribution < 1.29 is 31.0 Å². The summed E-state index contributed by atoms with van der Waals surface area (Å²) >= 11 is 18.0. The lowest BCUT2D eigenvalue weighted by Gasteiger charge is -2.36. The summed E-state index contributed by atoms with van der Waals surface area (Å²) in [6.45, 7) is 20.0. The fourth-order valence-electron chi connectivity index (χ4n) is 19.0. The van der Waals surface area contributed by atoms with Gasteiger partial charge in [0.05, 0.1) is 104 Å². The van der Waals surface area contributed by atoms with Crippen LogP contribution < -0.4 is 39.7 Å². The highest BCUT2D eigenvalue weighted by molar-refractivity contribution is 9.10. The molecular formula is C87H131Cl3N23O7P17S2. The van der Waals surface area contributed by atoms with Gasteiger partial charge >= 0.3 is 0 Å². The number of ether oxygens (including phenoxy) is 3. The van der Waals surface area contributed by atoms with Crippen LogP contribution >= 0.6 is 174 Å². The summed E-state index contributed by atoms with van der Waals surface area (Å²) in [4.78, 5) is 53.8. The second kappa shape index (κ2) is 52.8. The van der Waals surface area contributed by atoms with Crippen molar-refractivity contribution in [3.63, 3.8) is 0 Å². The Hall–Kier alpha value is -1.78. The molecule has 3 aliphatic carbocycles. The van der Waals surface area contributed by atoms with E-state index >= 15 is 0 Å². The van der Waals surface area contributed by atoms with E-state index in [0.717, 1.165) is 267 Å². The van der Waals surface area contributed by atoms with E-state index in [1.165, 1.54) is 115 Å². The summed E-state index contributed by atoms with van der Waals surface area (Å²) < 4.78 is 68.8. The first-order chi connectivity index (χ1) is 66.2. The lowest BCUT2D eigenvalue weighted by atomic mass is 9.96. The maximum absolute atomic E-state index is 12.1. The number of aromatic nitrogens is 15. The first-order valence-electron chi connectivity index (χ1n) is 46.5. The molecule has 21 rings (SSSR count). The van der Waals surface area contributed by atoms with Crippen molar-refractivity contribution >= 4 is 279 Å². The smallest absolute Gasteiger partial charge is 0.239 e. The number of morpholine rings is 3. The molecule has 0 bridgehead atoms. The second-order valence-corrected chi connectivity index (χ2v) is 98.5. The van der Waals surface area contributed by atoms with Crippen molar-refractivity contribution in [2.24, 2.45) is 5.14 Å². The van der Waals surface area contributed by atoms with E-state index in [9.17, 15) is 16.8 Å². The van der Waals surface area contributed by atoms with Crippen LogP contribution in [-0.4, -0.2) is 202 Å². The minimum Gasteiger partial charge on any atom is -0.378 e. The lowest BCUT2D eigenvalue weighted by Crippen LogP contribution is -2.38. The molecule has 0 amide bonds. The Bertz CT molecular complexity index is 6480. The zero-order valence-electron chi connectivity index (χ0n) is 78.4. The van der Waals surface area contributed by atoms with E-state index in [2.05, 4.69) is 200 Å². The molecule has 6 fully saturated rings. The van der Waals surface area contributed by atoms with Crippen LogP contribution in [0.4, 0.5) is 35.0 Å². The molecule has 15 heterocycles. The molecule has 14 atom stereocenters. The highest BCUT2D eigenvalue weighted by Gasteiger charge is 2.37. The van der Waals surface area contributed by atoms with Gasteiger partial charge in [-0.3, -0.25) is 4.72 Å². The Labute approximate surface area is 864 Å². The van der Waals surface area contributed by atoms with E-state index < -0.39 is 20.0 Å². The second-order valence-electron chi connectivity index (χ2n) is 35.4. The van der Waals surface area contributed by atoms with Gasteiger partial charge in [-0.15, -0.1) is 89.3 Å². The van der Waals surface area contributed by atoms with Gasteiger partial charge in [-0.25, -0.2) is 56.9 Å². The fraction of sp³-hybridized carbons (Fsp3) is 0.517. The van der Waals surface area contributed by atoms with Crippen LogP contribution in [0.2, 0.25) is 15.7 Å². The Morgan fingerprint density at radius 3 is 1.29 bits per heavy atom. The minimum absolute atomic E-state index is 0. The summed E-state index contributed by atoms with van der Waals surface area (Å²) in [7, 11) is 23.3. The standard InChI is InChI=1S/C29H36N8O3S.C28H32ClN7O.C19H27N5O.C9H6Cl2N2.CH5NO2S.CH4.H11P9.H10P8/c1-19-8-7-11-22-26(19)27(32-29(31-22)34-41(2,38)39)36-13-6-5-12-24(36)23-18-25-30-21-10-4-3-9-20(21)28(37(25)33-23)35-14-16-40-17-15-35;1-18-9-10-22-20(16-18)26(32-28(29)31-22)35-11-5-4-8-24(35)23-17-25-30-21-7-3-2-6-19(21)27(36(25)33-23)34-12-14-37-15-13-34;1-2-6-15-14(5-1)19(23-9-11-25-12-10-23)24-18(21-15)13-17(22-24)16-7-3-4-8-20-16;1-5-2-3-7-6(4-5)8(10)13-9(11)12-7;1-5(2,3)4;;1-6-9(7(2)3)8(4)5;1-6(2)8(5)7(3)4/h7-8,11,18,24H,3-6,9-10,12-17H2,1-2H3,(H,31,32,34);9-10,16-17,24H,2-8,11-15H2,1H3;13,16,20H,1-12H2;2-4H,1H3;1H3,(H2,2,3,4);1H4;6H,1-5H2;1-5H2. The van der Waals surface area contributed by atoms with Crippen LogP contribution in [0.5, 0.6) is 0 Å². The molecule has 12 aromatic rings. The maximum atomic E-state index is 12.1. The van der Waals surface area contributed by atoms with Gasteiger partial charge in [0.15, 0.2) is 16.9 Å². The van der Waals surface area contributed by atoms with Gasteiger partial charge in [-0.2, -0.15) is 38.8 Å². The van der Waals surface area contributed by atoms with Gasteiger partial charge < -0.3 is 44.0 Å². The lowest BCUT2D eigenvalue weighted by molar-refractivity contribution is 0.122. The van der Waals surface area contributed by atoms with Crippen molar-refractivity contribution in [1.29, 1.82) is 0 Å². The highest BCUT2D eigenvalue weighted by atomic mass is 35.5. The largest absolute Gasteiger partial charge is 0.378 e.